The van der Waals surface area contributed by atoms with Gasteiger partial charge in [0.1, 0.15) is 0 Å². The average molecular weight is 410 g/mol. The van der Waals surface area contributed by atoms with Crippen LogP contribution >= 0.6 is 11.8 Å². The monoisotopic (exact) mass is 409 g/mol. The molecule has 1 heterocycles. The summed E-state index contributed by atoms with van der Waals surface area (Å²) in [6.45, 7) is 7.31. The first-order valence-electron chi connectivity index (χ1n) is 9.74. The third-order valence-electron chi connectivity index (χ3n) is 4.45. The Hall–Kier alpha value is -2.60. The van der Waals surface area contributed by atoms with Gasteiger partial charge >= 0.3 is 0 Å². The minimum Gasteiger partial charge on any atom is -0.415 e. The molecule has 0 radical (unpaired) electrons. The van der Waals surface area contributed by atoms with Gasteiger partial charge in [-0.2, -0.15) is 0 Å². The van der Waals surface area contributed by atoms with Crippen LogP contribution in [0.15, 0.2) is 70.3 Å². The van der Waals surface area contributed by atoms with E-state index in [1.165, 1.54) is 17.3 Å². The largest absolute Gasteiger partial charge is 0.415 e. The summed E-state index contributed by atoms with van der Waals surface area (Å²) in [6.07, 6.45) is 0.818. The molecule has 0 bridgehead atoms. The van der Waals surface area contributed by atoms with Gasteiger partial charge in [-0.25, -0.2) is 0 Å². The highest BCUT2D eigenvalue weighted by Crippen LogP contribution is 2.25. The molecule has 0 N–H and O–H groups in total. The lowest BCUT2D eigenvalue weighted by Crippen LogP contribution is -2.33. The molecule has 29 heavy (non-hydrogen) atoms. The second-order valence-corrected chi connectivity index (χ2v) is 8.87. The zero-order valence-corrected chi connectivity index (χ0v) is 18.0. The van der Waals surface area contributed by atoms with Gasteiger partial charge in [0.2, 0.25) is 11.8 Å². The summed E-state index contributed by atoms with van der Waals surface area (Å²) in [7, 11) is 0. The third-order valence-corrected chi connectivity index (χ3v) is 5.25. The summed E-state index contributed by atoms with van der Waals surface area (Å²) >= 11 is 1.29. The number of amides is 1. The molecule has 0 aliphatic carbocycles. The van der Waals surface area contributed by atoms with Crippen LogP contribution in [0.1, 0.15) is 37.8 Å². The topological polar surface area (TPSA) is 59.2 Å². The molecular formula is C23H27N3O2S. The first kappa shape index (κ1) is 21.1. The molecule has 0 saturated carbocycles. The van der Waals surface area contributed by atoms with Crippen molar-refractivity contribution in [3.63, 3.8) is 0 Å². The van der Waals surface area contributed by atoms with E-state index in [0.717, 1.165) is 12.0 Å². The normalized spacial score (nSPS) is 11.4. The van der Waals surface area contributed by atoms with Crippen molar-refractivity contribution in [1.29, 1.82) is 0 Å². The van der Waals surface area contributed by atoms with Crippen LogP contribution in [-0.2, 0) is 23.2 Å². The predicted octanol–water partition coefficient (Wildman–Crippen LogP) is 4.73. The number of hydrogen-bond donors (Lipinski definition) is 0. The minimum atomic E-state index is -0.204. The second kappa shape index (κ2) is 9.74. The van der Waals surface area contributed by atoms with Gasteiger partial charge in [-0.05, 0) is 17.5 Å². The van der Waals surface area contributed by atoms with Crippen LogP contribution in [0.3, 0.4) is 0 Å². The standard InChI is InChI=1S/C23H27N3O2S/c1-23(2,3)21-24-25-22(28-21)29-17-20(27)26(16-19-12-8-5-9-13-19)15-14-18-10-6-4-7-11-18/h4-13H,14-17H2,1-3H3. The zero-order valence-electron chi connectivity index (χ0n) is 17.2. The van der Waals surface area contributed by atoms with E-state index in [-0.39, 0.29) is 17.1 Å². The van der Waals surface area contributed by atoms with Gasteiger partial charge in [-0.15, -0.1) is 10.2 Å². The average Bonchev–Trinajstić information content (AvgIpc) is 3.20. The Morgan fingerprint density at radius 1 is 0.966 bits per heavy atom. The number of aromatic nitrogens is 2. The smallest absolute Gasteiger partial charge is 0.277 e. The van der Waals surface area contributed by atoms with E-state index in [1.807, 2.05) is 74.2 Å². The fraction of sp³-hybridized carbons (Fsp3) is 0.348. The van der Waals surface area contributed by atoms with Gasteiger partial charge < -0.3 is 9.32 Å². The van der Waals surface area contributed by atoms with E-state index in [1.54, 1.807) is 0 Å². The molecule has 0 spiro atoms. The number of carbonyl (C=O) groups is 1. The van der Waals surface area contributed by atoms with Crippen LogP contribution in [0.4, 0.5) is 0 Å². The van der Waals surface area contributed by atoms with Crippen molar-refractivity contribution in [3.05, 3.63) is 77.7 Å². The lowest BCUT2D eigenvalue weighted by atomic mass is 9.97. The van der Waals surface area contributed by atoms with Crippen LogP contribution < -0.4 is 0 Å². The Morgan fingerprint density at radius 2 is 1.59 bits per heavy atom. The lowest BCUT2D eigenvalue weighted by Gasteiger charge is -2.22. The van der Waals surface area contributed by atoms with Gasteiger partial charge in [0.15, 0.2) is 0 Å². The highest BCUT2D eigenvalue weighted by atomic mass is 32.2. The maximum Gasteiger partial charge on any atom is 0.277 e. The highest BCUT2D eigenvalue weighted by molar-refractivity contribution is 7.99. The molecule has 0 fully saturated rings. The molecule has 2 aromatic carbocycles. The van der Waals surface area contributed by atoms with Crippen molar-refractivity contribution in [2.45, 2.75) is 44.4 Å². The molecule has 0 atom stereocenters. The predicted molar refractivity (Wildman–Crippen MR) is 116 cm³/mol. The van der Waals surface area contributed by atoms with Crippen molar-refractivity contribution >= 4 is 17.7 Å². The molecule has 152 valence electrons. The molecule has 0 saturated heterocycles. The summed E-state index contributed by atoms with van der Waals surface area (Å²) in [5.41, 5.74) is 2.13. The first-order chi connectivity index (χ1) is 13.9. The highest BCUT2D eigenvalue weighted by Gasteiger charge is 2.22. The number of nitrogens with zero attached hydrogens (tertiary/aromatic N) is 3. The van der Waals surface area contributed by atoms with Crippen LogP contribution in [-0.4, -0.2) is 33.3 Å². The maximum absolute atomic E-state index is 13.0. The SMILES string of the molecule is CC(C)(C)c1nnc(SCC(=O)N(CCc2ccccc2)Cc2ccccc2)o1. The molecule has 5 nitrogen and oxygen atoms in total. The Bertz CT molecular complexity index is 905. The Kier molecular flexibility index (Phi) is 7.09. The van der Waals surface area contributed by atoms with E-state index in [9.17, 15) is 4.79 Å². The maximum atomic E-state index is 13.0. The molecule has 6 heteroatoms. The van der Waals surface area contributed by atoms with Crippen LogP contribution in [0.25, 0.3) is 0 Å². The molecule has 0 aliphatic heterocycles. The van der Waals surface area contributed by atoms with Crippen molar-refractivity contribution in [2.24, 2.45) is 0 Å². The van der Waals surface area contributed by atoms with Crippen LogP contribution in [0.5, 0.6) is 0 Å². The van der Waals surface area contributed by atoms with E-state index in [2.05, 4.69) is 22.3 Å². The van der Waals surface area contributed by atoms with Crippen LogP contribution in [0.2, 0.25) is 0 Å². The van der Waals surface area contributed by atoms with Gasteiger partial charge in [0, 0.05) is 18.5 Å². The van der Waals surface area contributed by atoms with E-state index in [4.69, 9.17) is 4.42 Å². The lowest BCUT2D eigenvalue weighted by molar-refractivity contribution is -0.128. The molecule has 3 rings (SSSR count). The Labute approximate surface area is 176 Å². The van der Waals surface area contributed by atoms with Crippen molar-refractivity contribution in [3.8, 4) is 0 Å². The number of thioether (sulfide) groups is 1. The second-order valence-electron chi connectivity index (χ2n) is 7.95. The molecule has 3 aromatic rings. The number of hydrogen-bond acceptors (Lipinski definition) is 5. The summed E-state index contributed by atoms with van der Waals surface area (Å²) in [5.74, 6) is 0.913. The quantitative estimate of drug-likeness (QED) is 0.503. The summed E-state index contributed by atoms with van der Waals surface area (Å²) in [4.78, 5) is 14.9. The van der Waals surface area contributed by atoms with Crippen molar-refractivity contribution in [1.82, 2.24) is 15.1 Å². The van der Waals surface area contributed by atoms with Gasteiger partial charge in [-0.1, -0.05) is 93.2 Å². The molecular weight excluding hydrogens is 382 g/mol. The fourth-order valence-corrected chi connectivity index (χ4v) is 3.46. The molecule has 1 amide bonds. The fourth-order valence-electron chi connectivity index (χ4n) is 2.79. The Morgan fingerprint density at radius 3 is 2.17 bits per heavy atom. The molecule has 0 aliphatic rings. The number of benzene rings is 2. The van der Waals surface area contributed by atoms with Gasteiger partial charge in [0.05, 0.1) is 5.75 Å². The Balaban J connectivity index is 1.63. The van der Waals surface area contributed by atoms with E-state index < -0.39 is 0 Å². The molecule has 0 unspecified atom stereocenters. The summed E-state index contributed by atoms with van der Waals surface area (Å²) in [6, 6.07) is 20.3. The van der Waals surface area contributed by atoms with E-state index in [0.29, 0.717) is 24.2 Å². The summed E-state index contributed by atoms with van der Waals surface area (Å²) in [5, 5.41) is 8.59. The van der Waals surface area contributed by atoms with Crippen molar-refractivity contribution in [2.75, 3.05) is 12.3 Å². The first-order valence-corrected chi connectivity index (χ1v) is 10.7. The molecule has 1 aromatic heterocycles. The van der Waals surface area contributed by atoms with Gasteiger partial charge in [0.25, 0.3) is 5.22 Å². The minimum absolute atomic E-state index is 0.0605. The van der Waals surface area contributed by atoms with Crippen molar-refractivity contribution < 1.29 is 9.21 Å². The summed E-state index contributed by atoms with van der Waals surface area (Å²) < 4.78 is 5.70. The third kappa shape index (κ3) is 6.46. The number of carbonyl (C=O) groups excluding carboxylic acids is 1. The zero-order chi connectivity index (χ0) is 20.7. The van der Waals surface area contributed by atoms with Gasteiger partial charge in [-0.3, -0.25) is 4.79 Å². The van der Waals surface area contributed by atoms with E-state index >= 15 is 0 Å². The van der Waals surface area contributed by atoms with Crippen LogP contribution in [0, 0.1) is 0 Å². The number of rotatable bonds is 8.